The Kier molecular flexibility index (Phi) is 9.95. The molecule has 0 aliphatic rings. The Balaban J connectivity index is 3.55. The first kappa shape index (κ1) is 14.2. The molecular weight excluding hydrogens is 210 g/mol. The summed E-state index contributed by atoms with van der Waals surface area (Å²) in [4.78, 5) is 0. The van der Waals surface area contributed by atoms with Gasteiger partial charge in [0, 0.05) is 12.3 Å². The number of hydrogen-bond donors (Lipinski definition) is 1. The van der Waals surface area contributed by atoms with Crippen molar-refractivity contribution in [3.05, 3.63) is 0 Å². The van der Waals surface area contributed by atoms with Crippen LogP contribution in [0.15, 0.2) is 0 Å². The molecule has 0 saturated heterocycles. The van der Waals surface area contributed by atoms with Gasteiger partial charge in [-0.15, -0.1) is 0 Å². The molecule has 0 spiro atoms. The number of thiocarbonyl (C=S) groups is 1. The first-order valence-corrected chi connectivity index (χ1v) is 7.04. The molecule has 0 saturated carbocycles. The van der Waals surface area contributed by atoms with Crippen LogP contribution in [0.4, 0.5) is 0 Å². The van der Waals surface area contributed by atoms with Gasteiger partial charge in [-0.1, -0.05) is 57.1 Å². The smallest absolute Gasteiger partial charge is 0.133 e. The van der Waals surface area contributed by atoms with E-state index < -0.39 is 0 Å². The van der Waals surface area contributed by atoms with Gasteiger partial charge in [-0.05, 0) is 19.3 Å². The van der Waals surface area contributed by atoms with Crippen LogP contribution in [-0.4, -0.2) is 16.6 Å². The highest BCUT2D eigenvalue weighted by atomic mass is 32.2. The van der Waals surface area contributed by atoms with Crippen LogP contribution in [0.5, 0.6) is 0 Å². The van der Waals surface area contributed by atoms with Crippen LogP contribution in [0.25, 0.3) is 0 Å². The predicted molar refractivity (Wildman–Crippen MR) is 72.0 cm³/mol. The van der Waals surface area contributed by atoms with E-state index in [0.29, 0.717) is 0 Å². The maximum Gasteiger partial charge on any atom is 0.133 e. The highest BCUT2D eigenvalue weighted by Gasteiger charge is 2.07. The van der Waals surface area contributed by atoms with Gasteiger partial charge in [-0.25, -0.2) is 0 Å². The Bertz CT molecular complexity index is 148. The molecule has 14 heavy (non-hydrogen) atoms. The molecule has 1 N–H and O–H groups in total. The van der Waals surface area contributed by atoms with E-state index >= 15 is 0 Å². The average molecular weight is 233 g/mol. The molecule has 84 valence electrons. The molecule has 0 bridgehead atoms. The maximum absolute atomic E-state index is 5.18. The Labute approximate surface area is 98.4 Å². The van der Waals surface area contributed by atoms with Crippen LogP contribution in [-0.2, 0) is 0 Å². The lowest BCUT2D eigenvalue weighted by atomic mass is 10.0. The number of thioether (sulfide) groups is 1. The number of hydrogen-bond acceptors (Lipinski definition) is 2. The van der Waals surface area contributed by atoms with Crippen LogP contribution in [0.1, 0.15) is 46.5 Å². The molecule has 0 aromatic rings. The van der Waals surface area contributed by atoms with Crippen molar-refractivity contribution < 1.29 is 0 Å². The van der Waals surface area contributed by atoms with Gasteiger partial charge in [-0.3, -0.25) is 0 Å². The van der Waals surface area contributed by atoms with Gasteiger partial charge in [0.15, 0.2) is 0 Å². The standard InChI is InChI=1S/C11H23NS2/c1-4-7-8-10(5-2)9-14-11(13)12-6-3/h10H,4-9H2,1-3H3,(H,12,13). The van der Waals surface area contributed by atoms with Crippen molar-refractivity contribution in [2.75, 3.05) is 12.3 Å². The van der Waals surface area contributed by atoms with Crippen LogP contribution >= 0.6 is 24.0 Å². The molecule has 0 heterocycles. The lowest BCUT2D eigenvalue weighted by Gasteiger charge is -2.14. The molecule has 0 aromatic heterocycles. The topological polar surface area (TPSA) is 12.0 Å². The van der Waals surface area contributed by atoms with Crippen LogP contribution < -0.4 is 5.32 Å². The van der Waals surface area contributed by atoms with E-state index in [9.17, 15) is 0 Å². The zero-order valence-electron chi connectivity index (χ0n) is 9.64. The van der Waals surface area contributed by atoms with Gasteiger partial charge >= 0.3 is 0 Å². The minimum atomic E-state index is 0.844. The summed E-state index contributed by atoms with van der Waals surface area (Å²) in [6.07, 6.45) is 5.29. The Morgan fingerprint density at radius 3 is 2.57 bits per heavy atom. The molecule has 0 radical (unpaired) electrons. The van der Waals surface area contributed by atoms with Crippen molar-refractivity contribution in [2.24, 2.45) is 5.92 Å². The third kappa shape index (κ3) is 7.63. The summed E-state index contributed by atoms with van der Waals surface area (Å²) in [5.74, 6) is 2.03. The van der Waals surface area contributed by atoms with Crippen LogP contribution in [0.3, 0.4) is 0 Å². The van der Waals surface area contributed by atoms with E-state index in [1.807, 2.05) is 0 Å². The van der Waals surface area contributed by atoms with Crippen molar-refractivity contribution in [1.82, 2.24) is 5.32 Å². The number of nitrogens with one attached hydrogen (secondary N) is 1. The zero-order valence-corrected chi connectivity index (χ0v) is 11.3. The molecule has 1 atom stereocenters. The number of rotatable bonds is 7. The highest BCUT2D eigenvalue weighted by molar-refractivity contribution is 8.22. The molecule has 0 aliphatic carbocycles. The second-order valence-corrected chi connectivity index (χ2v) is 5.24. The monoisotopic (exact) mass is 233 g/mol. The summed E-state index contributed by atoms with van der Waals surface area (Å²) in [6.45, 7) is 7.55. The van der Waals surface area contributed by atoms with Gasteiger partial charge in [0.1, 0.15) is 4.32 Å². The predicted octanol–water partition coefficient (Wildman–Crippen LogP) is 3.83. The lowest BCUT2D eigenvalue weighted by molar-refractivity contribution is 0.500. The largest absolute Gasteiger partial charge is 0.371 e. The summed E-state index contributed by atoms with van der Waals surface area (Å²) >= 11 is 6.99. The van der Waals surface area contributed by atoms with Gasteiger partial charge < -0.3 is 5.32 Å². The summed E-state index contributed by atoms with van der Waals surface area (Å²) in [5.41, 5.74) is 0. The second kappa shape index (κ2) is 9.78. The zero-order chi connectivity index (χ0) is 10.8. The normalized spacial score (nSPS) is 12.5. The van der Waals surface area contributed by atoms with E-state index in [-0.39, 0.29) is 0 Å². The van der Waals surface area contributed by atoms with Crippen molar-refractivity contribution in [3.8, 4) is 0 Å². The third-order valence-corrected chi connectivity index (χ3v) is 3.86. The van der Waals surface area contributed by atoms with E-state index in [0.717, 1.165) is 16.8 Å². The fraction of sp³-hybridized carbons (Fsp3) is 0.909. The van der Waals surface area contributed by atoms with Crippen molar-refractivity contribution >= 4 is 28.3 Å². The van der Waals surface area contributed by atoms with Crippen LogP contribution in [0.2, 0.25) is 0 Å². The Morgan fingerprint density at radius 2 is 2.07 bits per heavy atom. The van der Waals surface area contributed by atoms with Gasteiger partial charge in [0.25, 0.3) is 0 Å². The number of unbranched alkanes of at least 4 members (excludes halogenated alkanes) is 1. The highest BCUT2D eigenvalue weighted by Crippen LogP contribution is 2.18. The van der Waals surface area contributed by atoms with E-state index in [1.165, 1.54) is 31.4 Å². The van der Waals surface area contributed by atoms with E-state index in [1.54, 1.807) is 11.8 Å². The fourth-order valence-corrected chi connectivity index (χ4v) is 2.67. The second-order valence-electron chi connectivity index (χ2n) is 3.55. The molecular formula is C11H23NS2. The fourth-order valence-electron chi connectivity index (χ4n) is 1.29. The summed E-state index contributed by atoms with van der Waals surface area (Å²) in [7, 11) is 0. The van der Waals surface area contributed by atoms with Crippen molar-refractivity contribution in [2.45, 2.75) is 46.5 Å². The first-order chi connectivity index (χ1) is 6.74. The SMILES string of the molecule is CCCCC(CC)CSC(=S)NCC. The molecule has 0 rings (SSSR count). The maximum atomic E-state index is 5.18. The molecule has 3 heteroatoms. The molecule has 0 aliphatic heterocycles. The minimum absolute atomic E-state index is 0.844. The average Bonchev–Trinajstić information content (AvgIpc) is 2.19. The third-order valence-electron chi connectivity index (χ3n) is 2.31. The first-order valence-electron chi connectivity index (χ1n) is 5.65. The summed E-state index contributed by atoms with van der Waals surface area (Å²) in [6, 6.07) is 0. The van der Waals surface area contributed by atoms with Gasteiger partial charge in [0.05, 0.1) is 0 Å². The molecule has 0 fully saturated rings. The van der Waals surface area contributed by atoms with E-state index in [4.69, 9.17) is 12.2 Å². The molecule has 1 nitrogen and oxygen atoms in total. The quantitative estimate of drug-likeness (QED) is 0.671. The summed E-state index contributed by atoms with van der Waals surface area (Å²) < 4.78 is 0.961. The van der Waals surface area contributed by atoms with Gasteiger partial charge in [0.2, 0.25) is 0 Å². The minimum Gasteiger partial charge on any atom is -0.371 e. The van der Waals surface area contributed by atoms with Crippen molar-refractivity contribution in [3.63, 3.8) is 0 Å². The summed E-state index contributed by atoms with van der Waals surface area (Å²) in [5, 5.41) is 3.18. The van der Waals surface area contributed by atoms with Crippen molar-refractivity contribution in [1.29, 1.82) is 0 Å². The Morgan fingerprint density at radius 1 is 1.36 bits per heavy atom. The molecule has 0 amide bonds. The lowest BCUT2D eigenvalue weighted by Crippen LogP contribution is -2.18. The molecule has 1 unspecified atom stereocenters. The van der Waals surface area contributed by atoms with Crippen LogP contribution in [0, 0.1) is 5.92 Å². The van der Waals surface area contributed by atoms with E-state index in [2.05, 4.69) is 26.1 Å². The van der Waals surface area contributed by atoms with Gasteiger partial charge in [-0.2, -0.15) is 0 Å². The Hall–Kier alpha value is 0.240. The molecule has 0 aromatic carbocycles.